The van der Waals surface area contributed by atoms with Gasteiger partial charge in [0.2, 0.25) is 5.92 Å². The molecule has 0 saturated heterocycles. The molecule has 5 heteroatoms. The number of H-pyrrole nitrogens is 1. The Bertz CT molecular complexity index is 314. The van der Waals surface area contributed by atoms with E-state index < -0.39 is 5.92 Å². The van der Waals surface area contributed by atoms with Crippen molar-refractivity contribution in [3.05, 3.63) is 15.5 Å². The molecule has 1 aliphatic carbocycles. The summed E-state index contributed by atoms with van der Waals surface area (Å²) in [4.78, 5) is 0. The van der Waals surface area contributed by atoms with Gasteiger partial charge in [-0.3, -0.25) is 5.10 Å². The summed E-state index contributed by atoms with van der Waals surface area (Å²) in [5, 5.41) is 6.90. The van der Waals surface area contributed by atoms with E-state index in [9.17, 15) is 8.78 Å². The molecule has 0 atom stereocenters. The number of alkyl halides is 2. The molecule has 1 aromatic rings. The van der Waals surface area contributed by atoms with Crippen molar-refractivity contribution < 1.29 is 8.78 Å². The maximum atomic E-state index is 12.9. The third kappa shape index (κ3) is 2.24. The lowest BCUT2D eigenvalue weighted by atomic mass is 9.85. The minimum absolute atomic E-state index is 0.00721. The molecule has 0 aliphatic heterocycles. The highest BCUT2D eigenvalue weighted by Gasteiger charge is 2.35. The van der Waals surface area contributed by atoms with Crippen molar-refractivity contribution in [2.75, 3.05) is 0 Å². The number of nitrogens with one attached hydrogen (secondary N) is 1. The Morgan fingerprint density at radius 1 is 1.43 bits per heavy atom. The fraction of sp³-hybridized carbons (Fsp3) is 0.667. The van der Waals surface area contributed by atoms with Crippen molar-refractivity contribution >= 4 is 22.6 Å². The van der Waals surface area contributed by atoms with E-state index >= 15 is 0 Å². The summed E-state index contributed by atoms with van der Waals surface area (Å²) in [6.45, 7) is 0. The first-order chi connectivity index (χ1) is 6.57. The maximum absolute atomic E-state index is 12.9. The second kappa shape index (κ2) is 3.75. The summed E-state index contributed by atoms with van der Waals surface area (Å²) in [5.41, 5.74) is 1.00. The highest BCUT2D eigenvalue weighted by molar-refractivity contribution is 14.1. The van der Waals surface area contributed by atoms with Crippen LogP contribution >= 0.6 is 22.6 Å². The summed E-state index contributed by atoms with van der Waals surface area (Å²) in [6, 6.07) is 1.94. The molecule has 1 N–H and O–H groups in total. The highest BCUT2D eigenvalue weighted by Crippen LogP contribution is 2.40. The lowest BCUT2D eigenvalue weighted by molar-refractivity contribution is -0.0384. The van der Waals surface area contributed by atoms with E-state index in [4.69, 9.17) is 0 Å². The molecule has 2 nitrogen and oxygen atoms in total. The summed E-state index contributed by atoms with van der Waals surface area (Å²) < 4.78 is 26.6. The molecule has 1 saturated carbocycles. The lowest BCUT2D eigenvalue weighted by Gasteiger charge is -2.27. The van der Waals surface area contributed by atoms with Gasteiger partial charge in [0.05, 0.1) is 0 Å². The average molecular weight is 312 g/mol. The van der Waals surface area contributed by atoms with Gasteiger partial charge in [0.1, 0.15) is 3.70 Å². The lowest BCUT2D eigenvalue weighted by Crippen LogP contribution is -2.23. The minimum Gasteiger partial charge on any atom is -0.281 e. The molecule has 1 heterocycles. The number of aromatic amines is 1. The van der Waals surface area contributed by atoms with Crippen LogP contribution in [0.4, 0.5) is 8.78 Å². The highest BCUT2D eigenvalue weighted by atomic mass is 127. The van der Waals surface area contributed by atoms with E-state index in [-0.39, 0.29) is 18.8 Å². The van der Waals surface area contributed by atoms with Crippen LogP contribution in [0.5, 0.6) is 0 Å². The monoisotopic (exact) mass is 312 g/mol. The van der Waals surface area contributed by atoms with Crippen LogP contribution < -0.4 is 0 Å². The zero-order valence-electron chi connectivity index (χ0n) is 7.56. The molecule has 78 valence electrons. The van der Waals surface area contributed by atoms with Crippen LogP contribution in [-0.2, 0) is 0 Å². The van der Waals surface area contributed by atoms with Gasteiger partial charge < -0.3 is 0 Å². The first-order valence-corrected chi connectivity index (χ1v) is 5.73. The smallest absolute Gasteiger partial charge is 0.248 e. The fourth-order valence-corrected chi connectivity index (χ4v) is 2.33. The van der Waals surface area contributed by atoms with Crippen LogP contribution in [0.25, 0.3) is 0 Å². The molecule has 0 amide bonds. The molecular formula is C9H11F2IN2. The molecule has 0 bridgehead atoms. The van der Waals surface area contributed by atoms with Gasteiger partial charge in [0.25, 0.3) is 0 Å². The first kappa shape index (κ1) is 10.3. The number of nitrogens with zero attached hydrogens (tertiary/aromatic N) is 1. The van der Waals surface area contributed by atoms with Gasteiger partial charge in [-0.15, -0.1) is 0 Å². The summed E-state index contributed by atoms with van der Waals surface area (Å²) >= 11 is 2.11. The SMILES string of the molecule is FC1(F)CCC(c2cc(I)n[nH]2)CC1. The molecule has 0 radical (unpaired) electrons. The van der Waals surface area contributed by atoms with Crippen molar-refractivity contribution in [3.8, 4) is 0 Å². The largest absolute Gasteiger partial charge is 0.281 e. The number of halogens is 3. The standard InChI is InChI=1S/C9H11F2IN2/c10-9(11)3-1-6(2-4-9)7-5-8(12)14-13-7/h5-6H,1-4H2,(H,13,14). The second-order valence-electron chi connectivity index (χ2n) is 3.78. The molecule has 0 aromatic carbocycles. The van der Waals surface area contributed by atoms with E-state index in [1.54, 1.807) is 0 Å². The first-order valence-electron chi connectivity index (χ1n) is 4.65. The Kier molecular flexibility index (Phi) is 2.77. The third-order valence-electron chi connectivity index (χ3n) is 2.72. The molecule has 0 spiro atoms. The summed E-state index contributed by atoms with van der Waals surface area (Å²) in [5.74, 6) is -2.20. The van der Waals surface area contributed by atoms with Crippen molar-refractivity contribution in [2.45, 2.75) is 37.5 Å². The number of aromatic nitrogens is 2. The molecule has 1 aliphatic rings. The van der Waals surface area contributed by atoms with Crippen molar-refractivity contribution in [1.82, 2.24) is 10.2 Å². The van der Waals surface area contributed by atoms with Crippen LogP contribution in [-0.4, -0.2) is 16.1 Å². The predicted octanol–water partition coefficient (Wildman–Crippen LogP) is 3.31. The molecule has 1 aromatic heterocycles. The molecule has 14 heavy (non-hydrogen) atoms. The fourth-order valence-electron chi connectivity index (χ4n) is 1.87. The topological polar surface area (TPSA) is 28.7 Å². The number of hydrogen-bond donors (Lipinski definition) is 1. The molecule has 2 rings (SSSR count). The minimum atomic E-state index is -2.44. The molecule has 1 fully saturated rings. The van der Waals surface area contributed by atoms with Gasteiger partial charge in [-0.25, -0.2) is 8.78 Å². The van der Waals surface area contributed by atoms with E-state index in [1.165, 1.54) is 0 Å². The zero-order valence-corrected chi connectivity index (χ0v) is 9.72. The molecular weight excluding hydrogens is 301 g/mol. The third-order valence-corrected chi connectivity index (χ3v) is 3.28. The normalized spacial score (nSPS) is 22.5. The van der Waals surface area contributed by atoms with Crippen LogP contribution in [0.3, 0.4) is 0 Å². The van der Waals surface area contributed by atoms with Crippen LogP contribution in [0.2, 0.25) is 0 Å². The van der Waals surface area contributed by atoms with E-state index in [0.29, 0.717) is 12.8 Å². The van der Waals surface area contributed by atoms with Gasteiger partial charge in [0, 0.05) is 24.5 Å². The van der Waals surface area contributed by atoms with E-state index in [2.05, 4.69) is 32.8 Å². The van der Waals surface area contributed by atoms with Crippen LogP contribution in [0, 0.1) is 3.70 Å². The zero-order chi connectivity index (χ0) is 10.2. The quantitative estimate of drug-likeness (QED) is 0.792. The average Bonchev–Trinajstić information content (AvgIpc) is 2.52. The van der Waals surface area contributed by atoms with E-state index in [0.717, 1.165) is 9.39 Å². The Balaban J connectivity index is 2.02. The summed E-state index contributed by atoms with van der Waals surface area (Å²) in [7, 11) is 0. The Morgan fingerprint density at radius 3 is 2.57 bits per heavy atom. The maximum Gasteiger partial charge on any atom is 0.248 e. The Hall–Kier alpha value is -0.200. The van der Waals surface area contributed by atoms with Crippen molar-refractivity contribution in [1.29, 1.82) is 0 Å². The molecule has 0 unspecified atom stereocenters. The number of rotatable bonds is 1. The van der Waals surface area contributed by atoms with Crippen molar-refractivity contribution in [2.24, 2.45) is 0 Å². The van der Waals surface area contributed by atoms with Gasteiger partial charge in [0.15, 0.2) is 0 Å². The number of hydrogen-bond acceptors (Lipinski definition) is 1. The van der Waals surface area contributed by atoms with Gasteiger partial charge in [-0.2, -0.15) is 5.10 Å². The van der Waals surface area contributed by atoms with Gasteiger partial charge >= 0.3 is 0 Å². The Labute approximate surface area is 94.6 Å². The van der Waals surface area contributed by atoms with Crippen LogP contribution in [0.1, 0.15) is 37.3 Å². The second-order valence-corrected chi connectivity index (χ2v) is 4.88. The van der Waals surface area contributed by atoms with Gasteiger partial charge in [-0.05, 0) is 41.5 Å². The van der Waals surface area contributed by atoms with Gasteiger partial charge in [-0.1, -0.05) is 0 Å². The van der Waals surface area contributed by atoms with Crippen LogP contribution in [0.15, 0.2) is 6.07 Å². The summed E-state index contributed by atoms with van der Waals surface area (Å²) in [6.07, 6.45) is 1.14. The van der Waals surface area contributed by atoms with Crippen molar-refractivity contribution in [3.63, 3.8) is 0 Å². The predicted molar refractivity (Wildman–Crippen MR) is 57.5 cm³/mol. The van der Waals surface area contributed by atoms with E-state index in [1.807, 2.05) is 6.07 Å². The Morgan fingerprint density at radius 2 is 2.07 bits per heavy atom.